The van der Waals surface area contributed by atoms with Crippen molar-refractivity contribution in [1.29, 1.82) is 0 Å². The maximum Gasteiger partial charge on any atom is 0.130 e. The van der Waals surface area contributed by atoms with Gasteiger partial charge in [0.15, 0.2) is 0 Å². The molecule has 0 atom stereocenters. The molecule has 0 unspecified atom stereocenters. The van der Waals surface area contributed by atoms with Crippen molar-refractivity contribution in [1.82, 2.24) is 0 Å². The third-order valence-electron chi connectivity index (χ3n) is 1.79. The SMILES string of the molecule is FC1=CC2=CC=C(F)C2=CC1. The highest BCUT2D eigenvalue weighted by atomic mass is 19.1. The van der Waals surface area contributed by atoms with Gasteiger partial charge in [0.1, 0.15) is 11.7 Å². The van der Waals surface area contributed by atoms with Crippen LogP contribution in [0.4, 0.5) is 8.78 Å². The normalized spacial score (nSPS) is 21.6. The molecule has 2 aliphatic carbocycles. The zero-order chi connectivity index (χ0) is 7.84. The summed E-state index contributed by atoms with van der Waals surface area (Å²) in [7, 11) is 0. The molecule has 0 radical (unpaired) electrons. The van der Waals surface area contributed by atoms with Gasteiger partial charge in [-0.05, 0) is 17.7 Å². The Morgan fingerprint density at radius 1 is 1.18 bits per heavy atom. The summed E-state index contributed by atoms with van der Waals surface area (Å²) in [5, 5.41) is 0. The van der Waals surface area contributed by atoms with Crippen molar-refractivity contribution >= 4 is 0 Å². The van der Waals surface area contributed by atoms with Crippen LogP contribution in [-0.2, 0) is 0 Å². The van der Waals surface area contributed by atoms with Gasteiger partial charge < -0.3 is 0 Å². The van der Waals surface area contributed by atoms with Gasteiger partial charge in [0.05, 0.1) is 0 Å². The largest absolute Gasteiger partial charge is 0.211 e. The van der Waals surface area contributed by atoms with Crippen LogP contribution < -0.4 is 0 Å². The lowest BCUT2D eigenvalue weighted by molar-refractivity contribution is 0.608. The van der Waals surface area contributed by atoms with Gasteiger partial charge in [-0.2, -0.15) is 0 Å². The molecule has 0 amide bonds. The molecule has 0 saturated carbocycles. The van der Waals surface area contributed by atoms with Crippen LogP contribution in [0.1, 0.15) is 6.42 Å². The monoisotopic (exact) mass is 152 g/mol. The molecule has 0 bridgehead atoms. The molecule has 0 spiro atoms. The van der Waals surface area contributed by atoms with Crippen LogP contribution in [0.5, 0.6) is 0 Å². The molecule has 2 aliphatic rings. The lowest BCUT2D eigenvalue weighted by atomic mass is 10.0. The summed E-state index contributed by atoms with van der Waals surface area (Å²) >= 11 is 0. The molecule has 0 aromatic rings. The van der Waals surface area contributed by atoms with Gasteiger partial charge in [0.2, 0.25) is 0 Å². The minimum Gasteiger partial charge on any atom is -0.211 e. The average Bonchev–Trinajstić information content (AvgIpc) is 2.32. The molecular formula is C9H6F2. The summed E-state index contributed by atoms with van der Waals surface area (Å²) in [6.45, 7) is 0. The quantitative estimate of drug-likeness (QED) is 0.500. The van der Waals surface area contributed by atoms with Crippen molar-refractivity contribution < 1.29 is 8.78 Å². The summed E-state index contributed by atoms with van der Waals surface area (Å²) in [6, 6.07) is 0. The topological polar surface area (TPSA) is 0 Å². The third kappa shape index (κ3) is 0.946. The number of hydrogen-bond acceptors (Lipinski definition) is 0. The fraction of sp³-hybridized carbons (Fsp3) is 0.111. The predicted octanol–water partition coefficient (Wildman–Crippen LogP) is 2.96. The van der Waals surface area contributed by atoms with E-state index in [-0.39, 0.29) is 18.1 Å². The minimum absolute atomic E-state index is 0.205. The van der Waals surface area contributed by atoms with Crippen LogP contribution in [0.3, 0.4) is 0 Å². The van der Waals surface area contributed by atoms with E-state index in [0.717, 1.165) is 0 Å². The van der Waals surface area contributed by atoms with Crippen LogP contribution in [0, 0.1) is 0 Å². The second kappa shape index (κ2) is 2.16. The van der Waals surface area contributed by atoms with E-state index in [0.29, 0.717) is 11.1 Å². The van der Waals surface area contributed by atoms with Crippen molar-refractivity contribution in [3.63, 3.8) is 0 Å². The number of hydrogen-bond donors (Lipinski definition) is 0. The van der Waals surface area contributed by atoms with E-state index in [1.165, 1.54) is 12.2 Å². The predicted molar refractivity (Wildman–Crippen MR) is 39.2 cm³/mol. The van der Waals surface area contributed by atoms with E-state index in [1.807, 2.05) is 0 Å². The fourth-order valence-corrected chi connectivity index (χ4v) is 1.25. The Kier molecular flexibility index (Phi) is 1.28. The first kappa shape index (κ1) is 6.53. The third-order valence-corrected chi connectivity index (χ3v) is 1.79. The van der Waals surface area contributed by atoms with Gasteiger partial charge in [0.25, 0.3) is 0 Å². The average molecular weight is 152 g/mol. The lowest BCUT2D eigenvalue weighted by Crippen LogP contribution is -1.90. The van der Waals surface area contributed by atoms with E-state index in [4.69, 9.17) is 0 Å². The van der Waals surface area contributed by atoms with E-state index in [1.54, 1.807) is 12.2 Å². The first-order valence-electron chi connectivity index (χ1n) is 3.42. The first-order valence-corrected chi connectivity index (χ1v) is 3.42. The molecule has 11 heavy (non-hydrogen) atoms. The zero-order valence-corrected chi connectivity index (χ0v) is 5.77. The van der Waals surface area contributed by atoms with Crippen molar-refractivity contribution in [3.05, 3.63) is 47.1 Å². The molecule has 56 valence electrons. The number of rotatable bonds is 0. The summed E-state index contributed by atoms with van der Waals surface area (Å²) in [5.74, 6) is -0.466. The van der Waals surface area contributed by atoms with E-state index >= 15 is 0 Å². The minimum atomic E-state index is -0.260. The molecule has 0 heterocycles. The van der Waals surface area contributed by atoms with Crippen LogP contribution in [0.25, 0.3) is 0 Å². The van der Waals surface area contributed by atoms with Gasteiger partial charge in [0, 0.05) is 12.0 Å². The van der Waals surface area contributed by atoms with Crippen LogP contribution in [0.15, 0.2) is 47.1 Å². The fourth-order valence-electron chi connectivity index (χ4n) is 1.25. The van der Waals surface area contributed by atoms with Gasteiger partial charge in [-0.25, -0.2) is 8.78 Å². The maximum absolute atomic E-state index is 12.8. The van der Waals surface area contributed by atoms with Gasteiger partial charge in [-0.1, -0.05) is 12.2 Å². The molecule has 0 aliphatic heterocycles. The summed E-state index contributed by atoms with van der Waals surface area (Å²) in [6.07, 6.45) is 6.10. The van der Waals surface area contributed by atoms with Crippen LogP contribution in [-0.4, -0.2) is 0 Å². The van der Waals surface area contributed by atoms with Crippen LogP contribution >= 0.6 is 0 Å². The van der Waals surface area contributed by atoms with Crippen molar-refractivity contribution in [3.8, 4) is 0 Å². The van der Waals surface area contributed by atoms with Gasteiger partial charge in [-0.15, -0.1) is 0 Å². The van der Waals surface area contributed by atoms with Crippen molar-refractivity contribution in [2.75, 3.05) is 0 Å². The maximum atomic E-state index is 12.8. The van der Waals surface area contributed by atoms with E-state index < -0.39 is 0 Å². The van der Waals surface area contributed by atoms with Crippen LogP contribution in [0.2, 0.25) is 0 Å². The molecule has 0 nitrogen and oxygen atoms in total. The molecule has 0 aromatic heterocycles. The Morgan fingerprint density at radius 2 is 2.00 bits per heavy atom. The standard InChI is InChI=1S/C9H6F2/c10-7-2-3-8-6(5-7)1-4-9(8)11/h1,3-5H,2H2. The smallest absolute Gasteiger partial charge is 0.130 e. The van der Waals surface area contributed by atoms with E-state index in [9.17, 15) is 8.78 Å². The Labute approximate surface area is 63.2 Å². The number of halogens is 2. The Balaban J connectivity index is 2.41. The molecule has 2 rings (SSSR count). The second-order valence-corrected chi connectivity index (χ2v) is 2.55. The molecule has 2 heteroatoms. The molecule has 0 N–H and O–H groups in total. The molecule has 0 saturated heterocycles. The Bertz CT molecular complexity index is 316. The Morgan fingerprint density at radius 3 is 2.82 bits per heavy atom. The highest BCUT2D eigenvalue weighted by Gasteiger charge is 2.17. The summed E-state index contributed by atoms with van der Waals surface area (Å²) < 4.78 is 25.4. The van der Waals surface area contributed by atoms with Crippen molar-refractivity contribution in [2.24, 2.45) is 0 Å². The van der Waals surface area contributed by atoms with Crippen molar-refractivity contribution in [2.45, 2.75) is 6.42 Å². The summed E-state index contributed by atoms with van der Waals surface area (Å²) in [5.41, 5.74) is 1.18. The summed E-state index contributed by atoms with van der Waals surface area (Å²) in [4.78, 5) is 0. The highest BCUT2D eigenvalue weighted by molar-refractivity contribution is 5.59. The lowest BCUT2D eigenvalue weighted by Gasteiger charge is -2.06. The molecular weight excluding hydrogens is 146 g/mol. The highest BCUT2D eigenvalue weighted by Crippen LogP contribution is 2.33. The second-order valence-electron chi connectivity index (χ2n) is 2.55. The molecule has 0 aromatic carbocycles. The zero-order valence-electron chi connectivity index (χ0n) is 5.77. The Hall–Kier alpha value is -1.18. The van der Waals surface area contributed by atoms with Gasteiger partial charge >= 0.3 is 0 Å². The first-order chi connectivity index (χ1) is 5.27. The number of allylic oxidation sites excluding steroid dienone is 8. The number of fused-ring (bicyclic) bond motifs is 1. The molecule has 0 fully saturated rings. The van der Waals surface area contributed by atoms with Gasteiger partial charge in [-0.3, -0.25) is 0 Å². The van der Waals surface area contributed by atoms with E-state index in [2.05, 4.69) is 0 Å².